The fraction of sp³-hybridized carbons (Fsp3) is 0.143. The van der Waals surface area contributed by atoms with Crippen molar-refractivity contribution in [3.05, 3.63) is 54.1 Å². The molecule has 0 aliphatic carbocycles. The third-order valence-electron chi connectivity index (χ3n) is 2.46. The largest absolute Gasteiger partial charge is 0.493 e. The van der Waals surface area contributed by atoms with E-state index < -0.39 is 0 Å². The van der Waals surface area contributed by atoms with Crippen LogP contribution in [0.15, 0.2) is 48.5 Å². The molecule has 4 heteroatoms. The summed E-state index contributed by atoms with van der Waals surface area (Å²) in [7, 11) is 1.62. The molecule has 0 spiro atoms. The van der Waals surface area contributed by atoms with Crippen LogP contribution < -0.4 is 15.2 Å². The average molecular weight is 266 g/mol. The Morgan fingerprint density at radius 1 is 0.944 bits per heavy atom. The van der Waals surface area contributed by atoms with Crippen LogP contribution in [0.1, 0.15) is 5.56 Å². The molecule has 2 aromatic rings. The first-order valence-electron chi connectivity index (χ1n) is 5.43. The van der Waals surface area contributed by atoms with Crippen LogP contribution in [0.3, 0.4) is 0 Å². The van der Waals surface area contributed by atoms with Gasteiger partial charge in [-0.15, -0.1) is 12.4 Å². The van der Waals surface area contributed by atoms with Crippen LogP contribution in [0.4, 0.5) is 0 Å². The Morgan fingerprint density at radius 3 is 2.11 bits per heavy atom. The van der Waals surface area contributed by atoms with Crippen LogP contribution in [0.25, 0.3) is 0 Å². The van der Waals surface area contributed by atoms with Gasteiger partial charge in [-0.25, -0.2) is 0 Å². The van der Waals surface area contributed by atoms with Gasteiger partial charge in [0.2, 0.25) is 0 Å². The van der Waals surface area contributed by atoms with E-state index in [9.17, 15) is 0 Å². The molecule has 0 bridgehead atoms. The van der Waals surface area contributed by atoms with E-state index in [1.165, 1.54) is 0 Å². The highest BCUT2D eigenvalue weighted by Gasteiger charge is 2.03. The highest BCUT2D eigenvalue weighted by molar-refractivity contribution is 5.85. The Kier molecular flexibility index (Phi) is 5.49. The molecular formula is C14H16ClNO2. The van der Waals surface area contributed by atoms with Gasteiger partial charge in [0, 0.05) is 6.54 Å². The smallest absolute Gasteiger partial charge is 0.169 e. The number of rotatable bonds is 4. The molecule has 0 aliphatic heterocycles. The Morgan fingerprint density at radius 2 is 1.56 bits per heavy atom. The average Bonchev–Trinajstić information content (AvgIpc) is 2.40. The van der Waals surface area contributed by atoms with Crippen LogP contribution in [0.5, 0.6) is 17.2 Å². The first-order valence-corrected chi connectivity index (χ1v) is 5.43. The lowest BCUT2D eigenvalue weighted by Crippen LogP contribution is -1.95. The summed E-state index contributed by atoms with van der Waals surface area (Å²) >= 11 is 0. The van der Waals surface area contributed by atoms with Crippen molar-refractivity contribution in [2.45, 2.75) is 6.54 Å². The number of methoxy groups -OCH3 is 1. The van der Waals surface area contributed by atoms with Crippen LogP contribution in [-0.2, 0) is 6.54 Å². The van der Waals surface area contributed by atoms with Crippen molar-refractivity contribution in [1.82, 2.24) is 0 Å². The molecule has 0 aliphatic rings. The summed E-state index contributed by atoms with van der Waals surface area (Å²) in [4.78, 5) is 0. The number of hydrogen-bond donors (Lipinski definition) is 1. The molecule has 0 amide bonds. The van der Waals surface area contributed by atoms with E-state index in [0.29, 0.717) is 12.3 Å². The number of hydrogen-bond acceptors (Lipinski definition) is 3. The predicted octanol–water partition coefficient (Wildman–Crippen LogP) is 3.37. The highest BCUT2D eigenvalue weighted by atomic mass is 35.5. The molecule has 0 radical (unpaired) electrons. The van der Waals surface area contributed by atoms with Crippen molar-refractivity contribution in [3.8, 4) is 17.2 Å². The lowest BCUT2D eigenvalue weighted by molar-refractivity contribution is 0.379. The molecule has 96 valence electrons. The maximum atomic E-state index is 5.73. The van der Waals surface area contributed by atoms with Crippen molar-refractivity contribution in [2.24, 2.45) is 5.73 Å². The lowest BCUT2D eigenvalue weighted by Gasteiger charge is -2.10. The van der Waals surface area contributed by atoms with E-state index in [1.54, 1.807) is 7.11 Å². The van der Waals surface area contributed by atoms with Crippen LogP contribution in [0.2, 0.25) is 0 Å². The number of nitrogens with two attached hydrogens (primary N) is 1. The van der Waals surface area contributed by atoms with Crippen LogP contribution in [-0.4, -0.2) is 7.11 Å². The minimum atomic E-state index is 0. The van der Waals surface area contributed by atoms with Crippen molar-refractivity contribution in [2.75, 3.05) is 7.11 Å². The predicted molar refractivity (Wildman–Crippen MR) is 74.6 cm³/mol. The first kappa shape index (κ1) is 14.4. The standard InChI is InChI=1S/C14H15NO2.ClH/c1-16-13-4-2-3-5-14(13)17-12-8-6-11(10-15)7-9-12;/h2-9H,10,15H2,1H3;1H. The number of halogens is 1. The molecule has 2 rings (SSSR count). The topological polar surface area (TPSA) is 44.5 Å². The number of ether oxygens (including phenoxy) is 2. The Bertz CT molecular complexity index is 485. The van der Waals surface area contributed by atoms with Crippen molar-refractivity contribution < 1.29 is 9.47 Å². The zero-order chi connectivity index (χ0) is 12.1. The third kappa shape index (κ3) is 3.39. The zero-order valence-corrected chi connectivity index (χ0v) is 10.9. The Balaban J connectivity index is 0.00000162. The molecule has 0 aromatic heterocycles. The fourth-order valence-electron chi connectivity index (χ4n) is 1.52. The van der Waals surface area contributed by atoms with Gasteiger partial charge in [-0.05, 0) is 29.8 Å². The summed E-state index contributed by atoms with van der Waals surface area (Å²) < 4.78 is 11.0. The van der Waals surface area contributed by atoms with Crippen molar-refractivity contribution in [3.63, 3.8) is 0 Å². The summed E-state index contributed by atoms with van der Waals surface area (Å²) in [5.41, 5.74) is 6.62. The van der Waals surface area contributed by atoms with Gasteiger partial charge in [0.25, 0.3) is 0 Å². The molecular weight excluding hydrogens is 250 g/mol. The Hall–Kier alpha value is -1.71. The van der Waals surface area contributed by atoms with E-state index >= 15 is 0 Å². The quantitative estimate of drug-likeness (QED) is 0.922. The minimum absolute atomic E-state index is 0. The summed E-state index contributed by atoms with van der Waals surface area (Å²) in [6.07, 6.45) is 0. The second kappa shape index (κ2) is 6.89. The van der Waals surface area contributed by atoms with Crippen LogP contribution >= 0.6 is 12.4 Å². The third-order valence-corrected chi connectivity index (χ3v) is 2.46. The maximum absolute atomic E-state index is 5.73. The molecule has 2 N–H and O–H groups in total. The molecule has 18 heavy (non-hydrogen) atoms. The molecule has 0 saturated carbocycles. The summed E-state index contributed by atoms with van der Waals surface area (Å²) in [5.74, 6) is 2.19. The van der Waals surface area contributed by atoms with Gasteiger partial charge in [0.15, 0.2) is 11.5 Å². The van der Waals surface area contributed by atoms with Crippen molar-refractivity contribution in [1.29, 1.82) is 0 Å². The highest BCUT2D eigenvalue weighted by Crippen LogP contribution is 2.30. The normalized spacial score (nSPS) is 9.44. The first-order chi connectivity index (χ1) is 8.33. The molecule has 2 aromatic carbocycles. The van der Waals surface area contributed by atoms with Gasteiger partial charge in [-0.3, -0.25) is 0 Å². The SMILES string of the molecule is COc1ccccc1Oc1ccc(CN)cc1.Cl. The van der Waals surface area contributed by atoms with Gasteiger partial charge in [0.1, 0.15) is 5.75 Å². The molecule has 3 nitrogen and oxygen atoms in total. The molecule has 0 atom stereocenters. The van der Waals surface area contributed by atoms with E-state index in [1.807, 2.05) is 48.5 Å². The van der Waals surface area contributed by atoms with Gasteiger partial charge in [0.05, 0.1) is 7.11 Å². The van der Waals surface area contributed by atoms with E-state index in [4.69, 9.17) is 15.2 Å². The molecule has 0 unspecified atom stereocenters. The monoisotopic (exact) mass is 265 g/mol. The second-order valence-corrected chi connectivity index (χ2v) is 3.60. The fourth-order valence-corrected chi connectivity index (χ4v) is 1.52. The van der Waals surface area contributed by atoms with Crippen LogP contribution in [0, 0.1) is 0 Å². The summed E-state index contributed by atoms with van der Waals surface area (Å²) in [6.45, 7) is 0.537. The van der Waals surface area contributed by atoms with Gasteiger partial charge in [-0.1, -0.05) is 24.3 Å². The molecule has 0 saturated heterocycles. The number of benzene rings is 2. The van der Waals surface area contributed by atoms with Gasteiger partial charge >= 0.3 is 0 Å². The van der Waals surface area contributed by atoms with E-state index in [2.05, 4.69) is 0 Å². The second-order valence-electron chi connectivity index (χ2n) is 3.60. The van der Waals surface area contributed by atoms with Crippen molar-refractivity contribution >= 4 is 12.4 Å². The summed E-state index contributed by atoms with van der Waals surface area (Å²) in [5, 5.41) is 0. The maximum Gasteiger partial charge on any atom is 0.169 e. The molecule has 0 fully saturated rings. The number of para-hydroxylation sites is 2. The van der Waals surface area contributed by atoms with Gasteiger partial charge < -0.3 is 15.2 Å². The molecule has 0 heterocycles. The lowest BCUT2D eigenvalue weighted by atomic mass is 10.2. The summed E-state index contributed by atoms with van der Waals surface area (Å²) in [6, 6.07) is 15.2. The zero-order valence-electron chi connectivity index (χ0n) is 10.1. The van der Waals surface area contributed by atoms with E-state index in [0.717, 1.165) is 17.1 Å². The van der Waals surface area contributed by atoms with E-state index in [-0.39, 0.29) is 12.4 Å². The van der Waals surface area contributed by atoms with Gasteiger partial charge in [-0.2, -0.15) is 0 Å². The Labute approximate surface area is 113 Å². The minimum Gasteiger partial charge on any atom is -0.493 e.